The molecular formula is C20H22F2N4OS. The van der Waals surface area contributed by atoms with Crippen molar-refractivity contribution in [2.45, 2.75) is 32.6 Å². The zero-order valence-corrected chi connectivity index (χ0v) is 16.5. The first kappa shape index (κ1) is 20.2. The summed E-state index contributed by atoms with van der Waals surface area (Å²) in [4.78, 5) is 13.5. The molecule has 1 atom stereocenters. The Morgan fingerprint density at radius 2 is 2.07 bits per heavy atom. The van der Waals surface area contributed by atoms with E-state index in [1.807, 2.05) is 13.8 Å². The summed E-state index contributed by atoms with van der Waals surface area (Å²) in [6.45, 7) is 4.18. The lowest BCUT2D eigenvalue weighted by atomic mass is 9.88. The van der Waals surface area contributed by atoms with Crippen LogP contribution in [0.4, 0.5) is 8.78 Å². The van der Waals surface area contributed by atoms with E-state index >= 15 is 0 Å². The average Bonchev–Trinajstić information content (AvgIpc) is 3.26. The third-order valence-corrected chi connectivity index (χ3v) is 6.25. The number of aromatic amines is 1. The number of primary amides is 1. The Labute approximate surface area is 165 Å². The molecule has 0 spiro atoms. The van der Waals surface area contributed by atoms with Crippen LogP contribution in [-0.4, -0.2) is 22.6 Å². The van der Waals surface area contributed by atoms with Crippen LogP contribution in [0.15, 0.2) is 24.4 Å². The highest BCUT2D eigenvalue weighted by atomic mass is 32.1. The van der Waals surface area contributed by atoms with Crippen molar-refractivity contribution in [3.8, 4) is 10.4 Å². The predicted molar refractivity (Wildman–Crippen MR) is 106 cm³/mol. The molecule has 0 fully saturated rings. The van der Waals surface area contributed by atoms with Gasteiger partial charge in [0.2, 0.25) is 0 Å². The van der Waals surface area contributed by atoms with Crippen molar-refractivity contribution in [3.05, 3.63) is 63.3 Å². The standard InChI is InChI=1S/C20H22F2N4OS/c1-3-16-13(9-25-26-16)18-10(2)17(19(28-18)20(24)27)12(8-23)6-11-4-5-14(21)15(22)7-11/h4-5,7,9,12H,3,6,8,23H2,1-2H3,(H2,24,27)(H,25,26)/t12-/m1/s1. The highest BCUT2D eigenvalue weighted by Crippen LogP contribution is 2.41. The van der Waals surface area contributed by atoms with Gasteiger partial charge in [0.15, 0.2) is 11.6 Å². The Morgan fingerprint density at radius 1 is 1.32 bits per heavy atom. The summed E-state index contributed by atoms with van der Waals surface area (Å²) in [5.74, 6) is -2.59. The number of hydrogen-bond donors (Lipinski definition) is 3. The lowest BCUT2D eigenvalue weighted by Crippen LogP contribution is -2.20. The van der Waals surface area contributed by atoms with Crippen LogP contribution in [0.2, 0.25) is 0 Å². The molecule has 2 aromatic heterocycles. The molecule has 0 aliphatic rings. The molecule has 0 aliphatic carbocycles. The SMILES string of the molecule is CCc1[nH]ncc1-c1sc(C(N)=O)c([C@@H](CN)Cc2ccc(F)c(F)c2)c1C. The van der Waals surface area contributed by atoms with Gasteiger partial charge >= 0.3 is 0 Å². The molecule has 8 heteroatoms. The molecule has 28 heavy (non-hydrogen) atoms. The number of nitrogens with zero attached hydrogens (tertiary/aromatic N) is 1. The van der Waals surface area contributed by atoms with E-state index in [1.165, 1.54) is 17.4 Å². The predicted octanol–water partition coefficient (Wildman–Crippen LogP) is 3.67. The van der Waals surface area contributed by atoms with Crippen molar-refractivity contribution in [3.63, 3.8) is 0 Å². The Bertz CT molecular complexity index is 1010. The molecule has 1 amide bonds. The number of benzene rings is 1. The smallest absolute Gasteiger partial charge is 0.259 e. The number of carbonyl (C=O) groups excluding carboxylic acids is 1. The zero-order valence-electron chi connectivity index (χ0n) is 15.7. The maximum absolute atomic E-state index is 13.6. The number of halogens is 2. The topological polar surface area (TPSA) is 97.8 Å². The van der Waals surface area contributed by atoms with Gasteiger partial charge in [0.05, 0.1) is 11.1 Å². The lowest BCUT2D eigenvalue weighted by Gasteiger charge is -2.17. The Morgan fingerprint density at radius 3 is 2.68 bits per heavy atom. The number of aryl methyl sites for hydroxylation is 1. The van der Waals surface area contributed by atoms with Gasteiger partial charge in [-0.1, -0.05) is 13.0 Å². The number of H-pyrrole nitrogens is 1. The van der Waals surface area contributed by atoms with E-state index in [0.29, 0.717) is 16.9 Å². The second kappa shape index (κ2) is 8.20. The first-order valence-corrected chi connectivity index (χ1v) is 9.78. The average molecular weight is 404 g/mol. The molecule has 3 rings (SSSR count). The van der Waals surface area contributed by atoms with Gasteiger partial charge in [0.1, 0.15) is 0 Å². The van der Waals surface area contributed by atoms with Crippen molar-refractivity contribution in [1.29, 1.82) is 0 Å². The number of amides is 1. The first-order chi connectivity index (χ1) is 13.4. The van der Waals surface area contributed by atoms with Crippen LogP contribution in [-0.2, 0) is 12.8 Å². The quantitative estimate of drug-likeness (QED) is 0.560. The molecule has 1 aromatic carbocycles. The van der Waals surface area contributed by atoms with Gasteiger partial charge in [-0.2, -0.15) is 5.10 Å². The largest absolute Gasteiger partial charge is 0.365 e. The Balaban J connectivity index is 2.07. The van der Waals surface area contributed by atoms with Crippen LogP contribution in [0, 0.1) is 18.6 Å². The third kappa shape index (κ3) is 3.70. The van der Waals surface area contributed by atoms with Crippen molar-refractivity contribution in [2.24, 2.45) is 11.5 Å². The highest BCUT2D eigenvalue weighted by molar-refractivity contribution is 7.17. The number of thiophene rings is 1. The minimum Gasteiger partial charge on any atom is -0.365 e. The minimum absolute atomic E-state index is 0.238. The summed E-state index contributed by atoms with van der Waals surface area (Å²) < 4.78 is 26.8. The van der Waals surface area contributed by atoms with Gasteiger partial charge in [0, 0.05) is 22.1 Å². The molecule has 0 saturated carbocycles. The zero-order chi connectivity index (χ0) is 20.4. The third-order valence-electron chi connectivity index (χ3n) is 4.89. The highest BCUT2D eigenvalue weighted by Gasteiger charge is 2.27. The van der Waals surface area contributed by atoms with E-state index in [2.05, 4.69) is 10.2 Å². The summed E-state index contributed by atoms with van der Waals surface area (Å²) in [5.41, 5.74) is 15.8. The van der Waals surface area contributed by atoms with Crippen LogP contribution in [0.3, 0.4) is 0 Å². The molecule has 0 radical (unpaired) electrons. The van der Waals surface area contributed by atoms with Gasteiger partial charge in [-0.3, -0.25) is 9.89 Å². The van der Waals surface area contributed by atoms with Crippen LogP contribution >= 0.6 is 11.3 Å². The molecule has 0 aliphatic heterocycles. The second-order valence-electron chi connectivity index (χ2n) is 6.66. The summed E-state index contributed by atoms with van der Waals surface area (Å²) in [6, 6.07) is 3.78. The molecular weight excluding hydrogens is 382 g/mol. The van der Waals surface area contributed by atoms with E-state index < -0.39 is 17.5 Å². The van der Waals surface area contributed by atoms with Crippen molar-refractivity contribution in [2.75, 3.05) is 6.54 Å². The number of hydrogen-bond acceptors (Lipinski definition) is 4. The molecule has 0 bridgehead atoms. The van der Waals surface area contributed by atoms with E-state index in [4.69, 9.17) is 11.5 Å². The number of rotatable bonds is 7. The van der Waals surface area contributed by atoms with Crippen molar-refractivity contribution < 1.29 is 13.6 Å². The maximum atomic E-state index is 13.6. The molecule has 0 unspecified atom stereocenters. The molecule has 5 nitrogen and oxygen atoms in total. The molecule has 0 saturated heterocycles. The monoisotopic (exact) mass is 404 g/mol. The first-order valence-electron chi connectivity index (χ1n) is 8.97. The molecule has 3 aromatic rings. The Hall–Kier alpha value is -2.58. The van der Waals surface area contributed by atoms with Gasteiger partial charge in [-0.05, 0) is 55.1 Å². The van der Waals surface area contributed by atoms with Gasteiger partial charge in [-0.25, -0.2) is 8.78 Å². The lowest BCUT2D eigenvalue weighted by molar-refractivity contribution is 0.100. The molecule has 148 valence electrons. The Kier molecular flexibility index (Phi) is 5.90. The molecule has 5 N–H and O–H groups in total. The number of nitrogens with two attached hydrogens (primary N) is 2. The maximum Gasteiger partial charge on any atom is 0.259 e. The second-order valence-corrected chi connectivity index (χ2v) is 7.68. The summed E-state index contributed by atoms with van der Waals surface area (Å²) >= 11 is 1.32. The van der Waals surface area contributed by atoms with E-state index in [0.717, 1.165) is 45.8 Å². The van der Waals surface area contributed by atoms with Crippen LogP contribution in [0.25, 0.3) is 10.4 Å². The number of aromatic nitrogens is 2. The fraction of sp³-hybridized carbons (Fsp3) is 0.300. The fourth-order valence-electron chi connectivity index (χ4n) is 3.49. The van der Waals surface area contributed by atoms with Gasteiger partial charge in [0.25, 0.3) is 5.91 Å². The molecule has 2 heterocycles. The summed E-state index contributed by atoms with van der Waals surface area (Å²) in [6.07, 6.45) is 2.87. The minimum atomic E-state index is -0.905. The van der Waals surface area contributed by atoms with Crippen molar-refractivity contribution >= 4 is 17.2 Å². The van der Waals surface area contributed by atoms with Gasteiger partial charge in [-0.15, -0.1) is 11.3 Å². The normalized spacial score (nSPS) is 12.3. The van der Waals surface area contributed by atoms with Crippen LogP contribution < -0.4 is 11.5 Å². The van der Waals surface area contributed by atoms with Crippen LogP contribution in [0.1, 0.15) is 44.9 Å². The summed E-state index contributed by atoms with van der Waals surface area (Å²) in [5, 5.41) is 7.08. The fourth-order valence-corrected chi connectivity index (χ4v) is 4.77. The van der Waals surface area contributed by atoms with Crippen molar-refractivity contribution in [1.82, 2.24) is 10.2 Å². The summed E-state index contributed by atoms with van der Waals surface area (Å²) in [7, 11) is 0. The van der Waals surface area contributed by atoms with Crippen LogP contribution in [0.5, 0.6) is 0 Å². The number of carbonyl (C=O) groups is 1. The van der Waals surface area contributed by atoms with Gasteiger partial charge < -0.3 is 11.5 Å². The van der Waals surface area contributed by atoms with E-state index in [9.17, 15) is 13.6 Å². The van der Waals surface area contributed by atoms with E-state index in [1.54, 1.807) is 6.20 Å². The van der Waals surface area contributed by atoms with E-state index in [-0.39, 0.29) is 12.5 Å². The number of nitrogens with one attached hydrogen (secondary N) is 1.